The molecule has 1 rings (SSSR count). The second kappa shape index (κ2) is 3.54. The van der Waals surface area contributed by atoms with Gasteiger partial charge in [0.25, 0.3) is 0 Å². The molecule has 1 aromatic rings. The first kappa shape index (κ1) is 9.68. The Bertz CT molecular complexity index is 265. The third kappa shape index (κ3) is 2.91. The van der Waals surface area contributed by atoms with E-state index in [1.807, 2.05) is 26.1 Å². The molecule has 0 amide bonds. The largest absolute Gasteiger partial charge is 0.325 e. The lowest BCUT2D eigenvalue weighted by molar-refractivity contribution is 0.515. The number of halogens is 1. The summed E-state index contributed by atoms with van der Waals surface area (Å²) in [5.41, 5.74) is 6.87. The normalized spacial score (nSPS) is 11.7. The van der Waals surface area contributed by atoms with Crippen molar-refractivity contribution in [3.05, 3.63) is 28.5 Å². The Kier molecular flexibility index (Phi) is 2.85. The van der Waals surface area contributed by atoms with Crippen molar-refractivity contribution in [2.45, 2.75) is 25.8 Å². The fourth-order valence-electron chi connectivity index (χ4n) is 1.03. The highest BCUT2D eigenvalue weighted by molar-refractivity contribution is 9.10. The molecule has 0 atom stereocenters. The summed E-state index contributed by atoms with van der Waals surface area (Å²) in [6.07, 6.45) is 4.44. The second-order valence-electron chi connectivity index (χ2n) is 3.63. The molecule has 0 aliphatic rings. The smallest absolute Gasteiger partial charge is 0.0311 e. The average Bonchev–Trinajstić information content (AvgIpc) is 1.91. The van der Waals surface area contributed by atoms with Crippen LogP contribution in [0.2, 0.25) is 0 Å². The lowest BCUT2D eigenvalue weighted by atomic mass is 9.98. The minimum atomic E-state index is -0.175. The summed E-state index contributed by atoms with van der Waals surface area (Å²) in [6.45, 7) is 4.01. The molecule has 12 heavy (non-hydrogen) atoms. The molecule has 0 spiro atoms. The highest BCUT2D eigenvalue weighted by atomic mass is 79.9. The predicted molar refractivity (Wildman–Crippen MR) is 53.9 cm³/mol. The molecule has 0 aliphatic heterocycles. The molecular formula is C9H13BrN2. The first-order valence-electron chi connectivity index (χ1n) is 3.86. The van der Waals surface area contributed by atoms with E-state index in [-0.39, 0.29) is 5.54 Å². The lowest BCUT2D eigenvalue weighted by Gasteiger charge is -2.18. The third-order valence-corrected chi connectivity index (χ3v) is 2.26. The van der Waals surface area contributed by atoms with Gasteiger partial charge in [-0.05, 0) is 31.9 Å². The molecule has 66 valence electrons. The van der Waals surface area contributed by atoms with Crippen molar-refractivity contribution >= 4 is 15.9 Å². The van der Waals surface area contributed by atoms with Gasteiger partial charge in [0, 0.05) is 22.4 Å². The number of aromatic nitrogens is 1. The van der Waals surface area contributed by atoms with Gasteiger partial charge in [0.05, 0.1) is 0 Å². The van der Waals surface area contributed by atoms with E-state index in [0.29, 0.717) is 0 Å². The van der Waals surface area contributed by atoms with Crippen LogP contribution >= 0.6 is 15.9 Å². The van der Waals surface area contributed by atoms with Crippen LogP contribution in [-0.4, -0.2) is 10.5 Å². The standard InChI is InChI=1S/C9H13BrN2/c1-9(2,11)5-7-6-12-4-3-8(7)10/h3-4,6H,5,11H2,1-2H3. The van der Waals surface area contributed by atoms with Crippen molar-refractivity contribution in [2.24, 2.45) is 5.73 Å². The van der Waals surface area contributed by atoms with Crippen LogP contribution in [0.1, 0.15) is 19.4 Å². The van der Waals surface area contributed by atoms with Crippen molar-refractivity contribution < 1.29 is 0 Å². The number of hydrogen-bond donors (Lipinski definition) is 1. The zero-order valence-electron chi connectivity index (χ0n) is 7.34. The third-order valence-electron chi connectivity index (χ3n) is 1.49. The summed E-state index contributed by atoms with van der Waals surface area (Å²) < 4.78 is 1.08. The van der Waals surface area contributed by atoms with Gasteiger partial charge in [0.1, 0.15) is 0 Å². The molecule has 1 aromatic heterocycles. The SMILES string of the molecule is CC(C)(N)Cc1cnccc1Br. The average molecular weight is 229 g/mol. The summed E-state index contributed by atoms with van der Waals surface area (Å²) >= 11 is 3.45. The summed E-state index contributed by atoms with van der Waals surface area (Å²) in [4.78, 5) is 4.04. The first-order chi connectivity index (χ1) is 5.49. The number of nitrogens with two attached hydrogens (primary N) is 1. The number of hydrogen-bond acceptors (Lipinski definition) is 2. The molecular weight excluding hydrogens is 216 g/mol. The van der Waals surface area contributed by atoms with E-state index in [9.17, 15) is 0 Å². The van der Waals surface area contributed by atoms with E-state index >= 15 is 0 Å². The molecule has 0 radical (unpaired) electrons. The van der Waals surface area contributed by atoms with Gasteiger partial charge in [-0.15, -0.1) is 0 Å². The maximum Gasteiger partial charge on any atom is 0.0311 e. The van der Waals surface area contributed by atoms with Crippen LogP contribution in [0.4, 0.5) is 0 Å². The van der Waals surface area contributed by atoms with Crippen molar-refractivity contribution in [1.29, 1.82) is 0 Å². The van der Waals surface area contributed by atoms with Gasteiger partial charge in [-0.25, -0.2) is 0 Å². The fourth-order valence-corrected chi connectivity index (χ4v) is 1.39. The molecule has 0 aliphatic carbocycles. The highest BCUT2D eigenvalue weighted by Gasteiger charge is 2.13. The van der Waals surface area contributed by atoms with Crippen LogP contribution in [-0.2, 0) is 6.42 Å². The molecule has 0 saturated heterocycles. The second-order valence-corrected chi connectivity index (χ2v) is 4.49. The van der Waals surface area contributed by atoms with Crippen LogP contribution in [0.25, 0.3) is 0 Å². The minimum absolute atomic E-state index is 0.175. The fraction of sp³-hybridized carbons (Fsp3) is 0.444. The van der Waals surface area contributed by atoms with Gasteiger partial charge >= 0.3 is 0 Å². The van der Waals surface area contributed by atoms with Crippen molar-refractivity contribution in [3.8, 4) is 0 Å². The summed E-state index contributed by atoms with van der Waals surface area (Å²) in [6, 6.07) is 1.93. The quantitative estimate of drug-likeness (QED) is 0.843. The summed E-state index contributed by atoms with van der Waals surface area (Å²) in [5.74, 6) is 0. The Labute approximate surface area is 81.3 Å². The van der Waals surface area contributed by atoms with E-state index in [0.717, 1.165) is 16.5 Å². The van der Waals surface area contributed by atoms with E-state index in [1.54, 1.807) is 6.20 Å². The van der Waals surface area contributed by atoms with E-state index in [2.05, 4.69) is 20.9 Å². The van der Waals surface area contributed by atoms with Crippen molar-refractivity contribution in [2.75, 3.05) is 0 Å². The van der Waals surface area contributed by atoms with Gasteiger partial charge in [0.2, 0.25) is 0 Å². The molecule has 0 saturated carbocycles. The topological polar surface area (TPSA) is 38.9 Å². The first-order valence-corrected chi connectivity index (χ1v) is 4.65. The molecule has 0 fully saturated rings. The monoisotopic (exact) mass is 228 g/mol. The molecule has 0 bridgehead atoms. The maximum atomic E-state index is 5.89. The van der Waals surface area contributed by atoms with Crippen molar-refractivity contribution in [3.63, 3.8) is 0 Å². The zero-order chi connectivity index (χ0) is 9.19. The molecule has 1 heterocycles. The molecule has 2 N–H and O–H groups in total. The maximum absolute atomic E-state index is 5.89. The summed E-state index contributed by atoms with van der Waals surface area (Å²) in [7, 11) is 0. The van der Waals surface area contributed by atoms with Gasteiger partial charge in [-0.1, -0.05) is 15.9 Å². The van der Waals surface area contributed by atoms with Gasteiger partial charge < -0.3 is 5.73 Å². The van der Waals surface area contributed by atoms with Gasteiger partial charge in [-0.3, -0.25) is 4.98 Å². The Morgan fingerprint density at radius 2 is 2.25 bits per heavy atom. The lowest BCUT2D eigenvalue weighted by Crippen LogP contribution is -2.34. The van der Waals surface area contributed by atoms with Gasteiger partial charge in [0.15, 0.2) is 0 Å². The van der Waals surface area contributed by atoms with Crippen LogP contribution in [0, 0.1) is 0 Å². The van der Waals surface area contributed by atoms with Crippen molar-refractivity contribution in [1.82, 2.24) is 4.98 Å². The summed E-state index contributed by atoms with van der Waals surface area (Å²) in [5, 5.41) is 0. The van der Waals surface area contributed by atoms with Gasteiger partial charge in [-0.2, -0.15) is 0 Å². The number of nitrogens with zero attached hydrogens (tertiary/aromatic N) is 1. The zero-order valence-corrected chi connectivity index (χ0v) is 8.93. The van der Waals surface area contributed by atoms with Crippen LogP contribution in [0.3, 0.4) is 0 Å². The van der Waals surface area contributed by atoms with E-state index in [1.165, 1.54) is 0 Å². The minimum Gasteiger partial charge on any atom is -0.325 e. The number of rotatable bonds is 2. The number of pyridine rings is 1. The van der Waals surface area contributed by atoms with E-state index < -0.39 is 0 Å². The Balaban J connectivity index is 2.83. The molecule has 0 unspecified atom stereocenters. The van der Waals surface area contributed by atoms with Crippen LogP contribution < -0.4 is 5.73 Å². The van der Waals surface area contributed by atoms with Crippen LogP contribution in [0.15, 0.2) is 22.9 Å². The molecule has 3 heteroatoms. The predicted octanol–water partition coefficient (Wildman–Crippen LogP) is 2.12. The Hall–Kier alpha value is -0.410. The Morgan fingerprint density at radius 1 is 1.58 bits per heavy atom. The molecule has 0 aromatic carbocycles. The molecule has 2 nitrogen and oxygen atoms in total. The highest BCUT2D eigenvalue weighted by Crippen LogP contribution is 2.18. The Morgan fingerprint density at radius 3 is 2.75 bits per heavy atom. The van der Waals surface area contributed by atoms with E-state index in [4.69, 9.17) is 5.73 Å². The van der Waals surface area contributed by atoms with Crippen LogP contribution in [0.5, 0.6) is 0 Å².